The van der Waals surface area contributed by atoms with Crippen molar-refractivity contribution in [2.75, 3.05) is 6.79 Å². The van der Waals surface area contributed by atoms with E-state index >= 15 is 0 Å². The Morgan fingerprint density at radius 2 is 1.67 bits per heavy atom. The molecule has 0 atom stereocenters. The van der Waals surface area contributed by atoms with Gasteiger partial charge in [-0.2, -0.15) is 0 Å². The van der Waals surface area contributed by atoms with Crippen molar-refractivity contribution in [3.8, 4) is 11.5 Å². The summed E-state index contributed by atoms with van der Waals surface area (Å²) < 4.78 is 11.7. The maximum absolute atomic E-state index is 13.4. The van der Waals surface area contributed by atoms with Gasteiger partial charge < -0.3 is 9.47 Å². The number of halogens is 1. The molecule has 0 aromatic heterocycles. The summed E-state index contributed by atoms with van der Waals surface area (Å²) in [7, 11) is 0. The van der Waals surface area contributed by atoms with Gasteiger partial charge in [0.15, 0.2) is 11.5 Å². The molecule has 0 unspecified atom stereocenters. The predicted octanol–water partition coefficient (Wildman–Crippen LogP) is 4.90. The number of benzene rings is 3. The van der Waals surface area contributed by atoms with E-state index in [-0.39, 0.29) is 25.2 Å². The SMILES string of the molecule is O=C1/C(=C/c2cccc(Br)c2)c2ccccc2C(=O)N1Cc1ccc2c(c1)OCO2. The molecular weight excluding hydrogens is 446 g/mol. The second-order valence-corrected chi connectivity index (χ2v) is 7.96. The topological polar surface area (TPSA) is 55.8 Å². The number of imide groups is 1. The number of fused-ring (bicyclic) bond motifs is 2. The van der Waals surface area contributed by atoms with Gasteiger partial charge in [-0.05, 0) is 53.1 Å². The number of hydrogen-bond acceptors (Lipinski definition) is 4. The molecule has 0 saturated heterocycles. The van der Waals surface area contributed by atoms with Gasteiger partial charge in [0, 0.05) is 15.6 Å². The van der Waals surface area contributed by atoms with E-state index in [1.54, 1.807) is 18.2 Å². The Morgan fingerprint density at radius 1 is 0.867 bits per heavy atom. The van der Waals surface area contributed by atoms with Crippen LogP contribution in [-0.4, -0.2) is 23.5 Å². The summed E-state index contributed by atoms with van der Waals surface area (Å²) in [5, 5.41) is 0. The molecule has 5 nitrogen and oxygen atoms in total. The Hall–Kier alpha value is -3.38. The molecule has 0 radical (unpaired) electrons. The normalized spacial score (nSPS) is 16.2. The fourth-order valence-corrected chi connectivity index (χ4v) is 4.09. The third-order valence-corrected chi connectivity index (χ3v) is 5.60. The minimum absolute atomic E-state index is 0.151. The monoisotopic (exact) mass is 461 g/mol. The lowest BCUT2D eigenvalue weighted by Gasteiger charge is -2.29. The van der Waals surface area contributed by atoms with Crippen LogP contribution in [0.1, 0.15) is 27.0 Å². The van der Waals surface area contributed by atoms with E-state index in [2.05, 4.69) is 15.9 Å². The molecule has 2 amide bonds. The number of ether oxygens (including phenoxy) is 2. The van der Waals surface area contributed by atoms with E-state index in [0.29, 0.717) is 28.2 Å². The van der Waals surface area contributed by atoms with Crippen LogP contribution in [0.15, 0.2) is 71.2 Å². The molecule has 2 aliphatic rings. The zero-order chi connectivity index (χ0) is 20.7. The fraction of sp³-hybridized carbons (Fsp3) is 0.0833. The summed E-state index contributed by atoms with van der Waals surface area (Å²) in [6.07, 6.45) is 1.82. The zero-order valence-corrected chi connectivity index (χ0v) is 17.4. The first-order valence-corrected chi connectivity index (χ1v) is 10.2. The molecule has 2 heterocycles. The highest BCUT2D eigenvalue weighted by Crippen LogP contribution is 2.35. The summed E-state index contributed by atoms with van der Waals surface area (Å²) in [6.45, 7) is 0.325. The van der Waals surface area contributed by atoms with Gasteiger partial charge in [-0.25, -0.2) is 0 Å². The summed E-state index contributed by atoms with van der Waals surface area (Å²) in [6, 6.07) is 20.3. The number of nitrogens with zero attached hydrogens (tertiary/aromatic N) is 1. The summed E-state index contributed by atoms with van der Waals surface area (Å²) in [5.41, 5.74) is 3.32. The van der Waals surface area contributed by atoms with Gasteiger partial charge in [-0.3, -0.25) is 14.5 Å². The molecule has 0 bridgehead atoms. The standard InChI is InChI=1S/C24H16BrNO4/c25-17-5-3-4-15(10-17)11-20-18-6-1-2-7-19(18)23(27)26(24(20)28)13-16-8-9-21-22(12-16)30-14-29-21/h1-12H,13-14H2/b20-11+. The Kier molecular flexibility index (Phi) is 4.64. The van der Waals surface area contributed by atoms with Crippen LogP contribution in [0.25, 0.3) is 11.6 Å². The number of carbonyl (C=O) groups excluding carboxylic acids is 2. The molecule has 30 heavy (non-hydrogen) atoms. The second-order valence-electron chi connectivity index (χ2n) is 7.04. The van der Waals surface area contributed by atoms with E-state index in [1.165, 1.54) is 4.90 Å². The summed E-state index contributed by atoms with van der Waals surface area (Å²) in [4.78, 5) is 27.8. The van der Waals surface area contributed by atoms with E-state index in [1.807, 2.05) is 54.6 Å². The molecule has 148 valence electrons. The minimum Gasteiger partial charge on any atom is -0.454 e. The first-order valence-electron chi connectivity index (χ1n) is 9.41. The number of amides is 2. The van der Waals surface area contributed by atoms with Crippen molar-refractivity contribution in [3.05, 3.63) is 93.5 Å². The zero-order valence-electron chi connectivity index (χ0n) is 15.8. The molecule has 0 saturated carbocycles. The van der Waals surface area contributed by atoms with Gasteiger partial charge in [0.2, 0.25) is 6.79 Å². The van der Waals surface area contributed by atoms with E-state index in [4.69, 9.17) is 9.47 Å². The molecule has 5 rings (SSSR count). The van der Waals surface area contributed by atoms with Crippen LogP contribution in [0, 0.1) is 0 Å². The molecule has 3 aromatic carbocycles. The van der Waals surface area contributed by atoms with Crippen molar-refractivity contribution in [1.29, 1.82) is 0 Å². The van der Waals surface area contributed by atoms with Crippen LogP contribution in [0.5, 0.6) is 11.5 Å². The van der Waals surface area contributed by atoms with Gasteiger partial charge in [0.25, 0.3) is 11.8 Å². The van der Waals surface area contributed by atoms with Gasteiger partial charge in [-0.1, -0.05) is 52.3 Å². The van der Waals surface area contributed by atoms with Crippen molar-refractivity contribution < 1.29 is 19.1 Å². The summed E-state index contributed by atoms with van der Waals surface area (Å²) in [5.74, 6) is 0.654. The van der Waals surface area contributed by atoms with Crippen LogP contribution in [0.2, 0.25) is 0 Å². The van der Waals surface area contributed by atoms with Crippen LogP contribution < -0.4 is 9.47 Å². The smallest absolute Gasteiger partial charge is 0.261 e. The average Bonchev–Trinajstić information content (AvgIpc) is 3.22. The maximum Gasteiger partial charge on any atom is 0.261 e. The molecule has 0 aliphatic carbocycles. The molecule has 6 heteroatoms. The summed E-state index contributed by atoms with van der Waals surface area (Å²) >= 11 is 3.46. The van der Waals surface area contributed by atoms with Crippen molar-refractivity contribution >= 4 is 39.4 Å². The highest BCUT2D eigenvalue weighted by atomic mass is 79.9. The first-order chi connectivity index (χ1) is 14.6. The first kappa shape index (κ1) is 18.6. The van der Waals surface area contributed by atoms with E-state index in [9.17, 15) is 9.59 Å². The largest absolute Gasteiger partial charge is 0.454 e. The second kappa shape index (κ2) is 7.46. The van der Waals surface area contributed by atoms with Gasteiger partial charge in [0.1, 0.15) is 0 Å². The van der Waals surface area contributed by atoms with Gasteiger partial charge in [-0.15, -0.1) is 0 Å². The fourth-order valence-electron chi connectivity index (χ4n) is 3.67. The van der Waals surface area contributed by atoms with Crippen LogP contribution in [0.3, 0.4) is 0 Å². The molecule has 0 fully saturated rings. The third kappa shape index (κ3) is 3.29. The number of carbonyl (C=O) groups is 2. The van der Waals surface area contributed by atoms with Gasteiger partial charge >= 0.3 is 0 Å². The highest BCUT2D eigenvalue weighted by molar-refractivity contribution is 9.10. The average molecular weight is 462 g/mol. The van der Waals surface area contributed by atoms with Crippen LogP contribution in [0.4, 0.5) is 0 Å². The lowest BCUT2D eigenvalue weighted by molar-refractivity contribution is -0.123. The quantitative estimate of drug-likeness (QED) is 0.411. The highest BCUT2D eigenvalue weighted by Gasteiger charge is 2.34. The Labute approximate surface area is 181 Å². The maximum atomic E-state index is 13.4. The lowest BCUT2D eigenvalue weighted by Crippen LogP contribution is -2.41. The van der Waals surface area contributed by atoms with Crippen molar-refractivity contribution in [3.63, 3.8) is 0 Å². The lowest BCUT2D eigenvalue weighted by atomic mass is 9.91. The van der Waals surface area contributed by atoms with Gasteiger partial charge in [0.05, 0.1) is 6.54 Å². The van der Waals surface area contributed by atoms with Crippen molar-refractivity contribution in [1.82, 2.24) is 4.90 Å². The molecule has 3 aromatic rings. The number of rotatable bonds is 3. The minimum atomic E-state index is -0.323. The third-order valence-electron chi connectivity index (χ3n) is 5.11. The van der Waals surface area contributed by atoms with E-state index < -0.39 is 0 Å². The van der Waals surface area contributed by atoms with Crippen molar-refractivity contribution in [2.24, 2.45) is 0 Å². The predicted molar refractivity (Wildman–Crippen MR) is 116 cm³/mol. The Morgan fingerprint density at radius 3 is 2.50 bits per heavy atom. The molecular formula is C24H16BrNO4. The Bertz CT molecular complexity index is 1220. The van der Waals surface area contributed by atoms with Crippen LogP contribution in [-0.2, 0) is 11.3 Å². The number of hydrogen-bond donors (Lipinski definition) is 0. The molecule has 0 N–H and O–H groups in total. The Balaban J connectivity index is 1.56. The molecule has 2 aliphatic heterocycles. The molecule has 0 spiro atoms. The van der Waals surface area contributed by atoms with E-state index in [0.717, 1.165) is 15.6 Å². The van der Waals surface area contributed by atoms with Crippen molar-refractivity contribution in [2.45, 2.75) is 6.54 Å². The van der Waals surface area contributed by atoms with Crippen LogP contribution >= 0.6 is 15.9 Å².